The van der Waals surface area contributed by atoms with Crippen molar-refractivity contribution in [2.75, 3.05) is 72.8 Å². The van der Waals surface area contributed by atoms with E-state index in [2.05, 4.69) is 28.9 Å². The van der Waals surface area contributed by atoms with Crippen LogP contribution in [0.15, 0.2) is 146 Å². The maximum atomic E-state index is 16.8. The number of hydrogen-bond acceptors (Lipinski definition) is 13. The smallest absolute Gasteiger partial charge is 0.421 e. The van der Waals surface area contributed by atoms with Crippen LogP contribution >= 0.6 is 0 Å². The number of esters is 1. The lowest BCUT2D eigenvalue weighted by Gasteiger charge is -2.46. The molecule has 4 heterocycles. The topological polar surface area (TPSA) is 157 Å². The van der Waals surface area contributed by atoms with E-state index in [0.717, 1.165) is 27.2 Å². The van der Waals surface area contributed by atoms with E-state index in [0.29, 0.717) is 59.0 Å². The van der Waals surface area contributed by atoms with E-state index in [1.54, 1.807) is 49.5 Å². The molecule has 1 spiro atoms. The number of carbonyl (C=O) groups is 4. The quantitative estimate of drug-likeness (QED) is 0.0611. The molecule has 0 radical (unpaired) electrons. The number of fused-ring (bicyclic) bond motifs is 4. The normalized spacial score (nSPS) is 21.5. The van der Waals surface area contributed by atoms with Crippen molar-refractivity contribution >= 4 is 29.6 Å². The minimum absolute atomic E-state index is 0.0354. The molecule has 2 saturated heterocycles. The van der Waals surface area contributed by atoms with Crippen molar-refractivity contribution in [2.24, 2.45) is 5.92 Å². The minimum Gasteiger partial charge on any atom is -0.493 e. The molecule has 1 N–H and O–H groups in total. The first-order chi connectivity index (χ1) is 37.1. The summed E-state index contributed by atoms with van der Waals surface area (Å²) < 4.78 is 35.0. The number of aliphatic hydroxyl groups excluding tert-OH is 1. The van der Waals surface area contributed by atoms with Gasteiger partial charge < -0.3 is 38.4 Å². The van der Waals surface area contributed by atoms with Gasteiger partial charge in [-0.2, -0.15) is 0 Å². The summed E-state index contributed by atoms with van der Waals surface area (Å²) in [5.41, 5.74) is 3.91. The number of ether oxygens (including phenoxy) is 6. The van der Waals surface area contributed by atoms with Crippen LogP contribution in [0.1, 0.15) is 62.7 Å². The molecule has 2 fully saturated rings. The Hall–Kier alpha value is -8.00. The fraction of sp³-hybridized carbons (Fsp3) is 0.311. The van der Waals surface area contributed by atoms with E-state index in [-0.39, 0.29) is 45.2 Å². The molecule has 6 aromatic rings. The van der Waals surface area contributed by atoms with Gasteiger partial charge in [0.2, 0.25) is 11.8 Å². The number of hydrogen-bond donors (Lipinski definition) is 1. The third-order valence-corrected chi connectivity index (χ3v) is 14.9. The standard InChI is InChI=1S/C61H60N4O11/c1-62(38-41-15-8-5-9-16-41)29-14-17-40-22-27-49-48(35-40)61(59(69)64(49)60(70)75-34-33-71-2)52(57(67)63-30-28-45-36-50(72-3)51(73-4)37-46(45)39-63)54-58(68)76-55(43-20-12-7-13-21-43)53(42-18-10-6-11-19-42)65(54)56(61)44-23-25-47(26-24-44)74-32-31-66/h5-13,15-16,18-27,35-37,52-56,66H,28-34,38-39H2,1-4H3/t52-,53-,54-,55+,56+,61-/m1/s1. The van der Waals surface area contributed by atoms with Gasteiger partial charge in [-0.3, -0.25) is 24.2 Å². The number of benzene rings is 6. The van der Waals surface area contributed by atoms with Crippen LogP contribution in [0.2, 0.25) is 0 Å². The summed E-state index contributed by atoms with van der Waals surface area (Å²) in [6.45, 7) is 1.12. The summed E-state index contributed by atoms with van der Waals surface area (Å²) in [6, 6.07) is 41.9. The molecule has 4 aliphatic rings. The second kappa shape index (κ2) is 22.5. The lowest BCUT2D eigenvalue weighted by molar-refractivity contribution is -0.179. The van der Waals surface area contributed by atoms with Gasteiger partial charge in [0, 0.05) is 32.3 Å². The maximum absolute atomic E-state index is 16.8. The van der Waals surface area contributed by atoms with Crippen molar-refractivity contribution in [2.45, 2.75) is 49.2 Å². The van der Waals surface area contributed by atoms with Crippen molar-refractivity contribution in [3.05, 3.63) is 190 Å². The predicted molar refractivity (Wildman–Crippen MR) is 282 cm³/mol. The predicted octanol–water partition coefficient (Wildman–Crippen LogP) is 7.59. The third kappa shape index (κ3) is 9.54. The number of imide groups is 1. The van der Waals surface area contributed by atoms with Crippen LogP contribution < -0.4 is 19.1 Å². The van der Waals surface area contributed by atoms with Crippen molar-refractivity contribution in [1.82, 2.24) is 14.7 Å². The van der Waals surface area contributed by atoms with Crippen LogP contribution in [0.25, 0.3) is 0 Å². The Morgan fingerprint density at radius 1 is 0.763 bits per heavy atom. The summed E-state index contributed by atoms with van der Waals surface area (Å²) in [7, 11) is 6.59. The van der Waals surface area contributed by atoms with Gasteiger partial charge in [0.25, 0.3) is 0 Å². The first-order valence-corrected chi connectivity index (χ1v) is 25.4. The number of methoxy groups -OCH3 is 3. The van der Waals surface area contributed by atoms with E-state index in [4.69, 9.17) is 28.4 Å². The molecule has 0 aliphatic carbocycles. The van der Waals surface area contributed by atoms with E-state index in [9.17, 15) is 9.90 Å². The number of aliphatic hydroxyl groups is 1. The number of morpholine rings is 1. The van der Waals surface area contributed by atoms with Gasteiger partial charge in [0.1, 0.15) is 36.5 Å². The molecule has 76 heavy (non-hydrogen) atoms. The zero-order chi connectivity index (χ0) is 52.9. The Morgan fingerprint density at radius 3 is 2.11 bits per heavy atom. The highest BCUT2D eigenvalue weighted by atomic mass is 16.6. The Morgan fingerprint density at radius 2 is 1.43 bits per heavy atom. The summed E-state index contributed by atoms with van der Waals surface area (Å²) in [5.74, 6) is 4.69. The van der Waals surface area contributed by atoms with Gasteiger partial charge in [-0.1, -0.05) is 115 Å². The van der Waals surface area contributed by atoms with Gasteiger partial charge in [0.15, 0.2) is 11.5 Å². The van der Waals surface area contributed by atoms with Gasteiger partial charge in [-0.15, -0.1) is 0 Å². The second-order valence-electron chi connectivity index (χ2n) is 19.3. The second-order valence-corrected chi connectivity index (χ2v) is 19.3. The average molecular weight is 1030 g/mol. The van der Waals surface area contributed by atoms with Crippen LogP contribution in [-0.2, 0) is 53.5 Å². The first kappa shape index (κ1) is 51.5. The molecule has 0 unspecified atom stereocenters. The molecule has 0 aromatic heterocycles. The zero-order valence-electron chi connectivity index (χ0n) is 42.9. The molecule has 4 aliphatic heterocycles. The molecular formula is C61H60N4O11. The number of anilines is 1. The molecule has 3 amide bonds. The Bertz CT molecular complexity index is 3150. The van der Waals surface area contributed by atoms with E-state index in [1.165, 1.54) is 7.11 Å². The van der Waals surface area contributed by atoms with Crippen LogP contribution in [0.3, 0.4) is 0 Å². The SMILES string of the molecule is COCCOC(=O)N1C(=O)[C@@]2(c3cc(C#CCN(C)Cc4ccccc4)ccc31)[C@H](c1ccc(OCCO)cc1)N1[C@H](c3ccccc3)[C@H](c3ccccc3)OC(=O)[C@H]1[C@@H]2C(=O)N1CCc2cc(OC)c(OC)cc2C1. The molecule has 10 rings (SSSR count). The molecular weight excluding hydrogens is 965 g/mol. The Balaban J connectivity index is 1.22. The summed E-state index contributed by atoms with van der Waals surface area (Å²) >= 11 is 0. The van der Waals surface area contributed by atoms with Crippen molar-refractivity contribution in [1.29, 1.82) is 0 Å². The number of amides is 3. The fourth-order valence-corrected chi connectivity index (χ4v) is 11.6. The van der Waals surface area contributed by atoms with Gasteiger partial charge in [-0.05, 0) is 94.9 Å². The summed E-state index contributed by atoms with van der Waals surface area (Å²) in [4.78, 5) is 70.6. The van der Waals surface area contributed by atoms with Gasteiger partial charge in [-0.25, -0.2) is 9.69 Å². The zero-order valence-corrected chi connectivity index (χ0v) is 42.9. The molecule has 0 saturated carbocycles. The lowest BCUT2D eigenvalue weighted by atomic mass is 9.64. The van der Waals surface area contributed by atoms with Gasteiger partial charge in [0.05, 0.1) is 57.7 Å². The summed E-state index contributed by atoms with van der Waals surface area (Å²) in [5, 5.41) is 9.70. The number of nitrogens with zero attached hydrogens (tertiary/aromatic N) is 4. The monoisotopic (exact) mass is 1020 g/mol. The molecule has 390 valence electrons. The molecule has 0 bridgehead atoms. The molecule has 6 aromatic carbocycles. The van der Waals surface area contributed by atoms with E-state index >= 15 is 14.4 Å². The number of carbonyl (C=O) groups excluding carboxylic acids is 4. The molecule has 15 heteroatoms. The highest BCUT2D eigenvalue weighted by molar-refractivity contribution is 6.23. The van der Waals surface area contributed by atoms with Crippen molar-refractivity contribution < 1.29 is 52.7 Å². The first-order valence-electron chi connectivity index (χ1n) is 25.4. The Labute approximate surface area is 442 Å². The van der Waals surface area contributed by atoms with E-state index < -0.39 is 59.4 Å². The largest absolute Gasteiger partial charge is 0.493 e. The Kier molecular flexibility index (Phi) is 15.2. The minimum atomic E-state index is -2.04. The third-order valence-electron chi connectivity index (χ3n) is 14.9. The van der Waals surface area contributed by atoms with Crippen LogP contribution in [0, 0.1) is 17.8 Å². The highest BCUT2D eigenvalue weighted by Crippen LogP contribution is 2.66. The number of rotatable bonds is 15. The van der Waals surface area contributed by atoms with Crippen molar-refractivity contribution in [3.8, 4) is 29.1 Å². The van der Waals surface area contributed by atoms with Gasteiger partial charge >= 0.3 is 12.1 Å². The lowest BCUT2D eigenvalue weighted by Crippen LogP contribution is -2.57. The average Bonchev–Trinajstić information content (AvgIpc) is 4.00. The summed E-state index contributed by atoms with van der Waals surface area (Å²) in [6.07, 6.45) is -1.46. The fourth-order valence-electron chi connectivity index (χ4n) is 11.6. The van der Waals surface area contributed by atoms with E-state index in [1.807, 2.05) is 115 Å². The number of cyclic esters (lactones) is 1. The van der Waals surface area contributed by atoms with Crippen molar-refractivity contribution in [3.63, 3.8) is 0 Å². The molecule has 15 nitrogen and oxygen atoms in total. The van der Waals surface area contributed by atoms with Crippen LogP contribution in [0.4, 0.5) is 10.5 Å². The molecule has 6 atom stereocenters. The maximum Gasteiger partial charge on any atom is 0.421 e. The highest BCUT2D eigenvalue weighted by Gasteiger charge is 2.76. The van der Waals surface area contributed by atoms with Crippen LogP contribution in [0.5, 0.6) is 17.2 Å². The van der Waals surface area contributed by atoms with Crippen LogP contribution in [-0.4, -0.2) is 118 Å².